The molecule has 0 spiro atoms. The predicted molar refractivity (Wildman–Crippen MR) is 98.9 cm³/mol. The lowest BCUT2D eigenvalue weighted by atomic mass is 10.1. The van der Waals surface area contributed by atoms with Gasteiger partial charge < -0.3 is 15.4 Å². The van der Waals surface area contributed by atoms with Crippen LogP contribution in [-0.4, -0.2) is 58.2 Å². The molecule has 0 saturated carbocycles. The van der Waals surface area contributed by atoms with Crippen LogP contribution in [0, 0.1) is 0 Å². The van der Waals surface area contributed by atoms with E-state index in [-0.39, 0.29) is 11.5 Å². The van der Waals surface area contributed by atoms with E-state index in [0.717, 1.165) is 11.8 Å². The third-order valence-corrected chi connectivity index (χ3v) is 5.20. The van der Waals surface area contributed by atoms with Gasteiger partial charge in [0.05, 0.1) is 17.5 Å². The molecule has 27 heavy (non-hydrogen) atoms. The molecule has 2 N–H and O–H groups in total. The number of nitrogens with zero attached hydrogens (tertiary/aromatic N) is 1. The second-order valence-corrected chi connectivity index (χ2v) is 8.10. The molecule has 0 aliphatic carbocycles. The fourth-order valence-corrected chi connectivity index (χ4v) is 3.69. The van der Waals surface area contributed by atoms with Crippen LogP contribution in [0.3, 0.4) is 0 Å². The molecule has 10 heteroatoms. The molecule has 0 fully saturated rings. The molecule has 0 radical (unpaired) electrons. The largest absolute Gasteiger partial charge is 0.452 e. The summed E-state index contributed by atoms with van der Waals surface area (Å²) in [7, 11) is -3.36. The van der Waals surface area contributed by atoms with E-state index in [1.54, 1.807) is 19.1 Å². The van der Waals surface area contributed by atoms with E-state index in [4.69, 9.17) is 4.74 Å². The van der Waals surface area contributed by atoms with Gasteiger partial charge in [0.2, 0.25) is 15.9 Å². The number of fused-ring (bicyclic) bond motifs is 1. The minimum atomic E-state index is -3.36. The highest BCUT2D eigenvalue weighted by Crippen LogP contribution is 2.30. The van der Waals surface area contributed by atoms with Gasteiger partial charge in [-0.15, -0.1) is 0 Å². The monoisotopic (exact) mass is 397 g/mol. The van der Waals surface area contributed by atoms with Crippen molar-refractivity contribution >= 4 is 33.5 Å². The molecule has 2 rings (SSSR count). The predicted octanol–water partition coefficient (Wildman–Crippen LogP) is -0.194. The van der Waals surface area contributed by atoms with Crippen LogP contribution in [-0.2, 0) is 30.8 Å². The number of anilines is 1. The Balaban J connectivity index is 1.94. The van der Waals surface area contributed by atoms with Gasteiger partial charge in [-0.25, -0.2) is 13.2 Å². The van der Waals surface area contributed by atoms with Crippen molar-refractivity contribution in [2.75, 3.05) is 30.3 Å². The molecular formula is C17H23N3O6S. The van der Waals surface area contributed by atoms with Crippen molar-refractivity contribution in [3.8, 4) is 0 Å². The number of amides is 2. The molecule has 1 atom stereocenters. The number of ether oxygens (including phenoxy) is 1. The van der Waals surface area contributed by atoms with E-state index in [1.165, 1.54) is 17.3 Å². The van der Waals surface area contributed by atoms with Crippen LogP contribution in [0.2, 0.25) is 0 Å². The van der Waals surface area contributed by atoms with Gasteiger partial charge in [-0.2, -0.15) is 0 Å². The van der Waals surface area contributed by atoms with Crippen LogP contribution in [0.15, 0.2) is 18.2 Å². The number of carbonyl (C=O) groups is 3. The van der Waals surface area contributed by atoms with Crippen molar-refractivity contribution in [1.29, 1.82) is 0 Å². The molecule has 2 amide bonds. The van der Waals surface area contributed by atoms with Gasteiger partial charge in [-0.1, -0.05) is 0 Å². The number of rotatable bonds is 7. The summed E-state index contributed by atoms with van der Waals surface area (Å²) in [6, 6.07) is 3.84. The number of sulfonamides is 1. The van der Waals surface area contributed by atoms with Crippen LogP contribution < -0.4 is 14.9 Å². The summed E-state index contributed by atoms with van der Waals surface area (Å²) in [6.07, 6.45) is 1.62. The van der Waals surface area contributed by atoms with Crippen molar-refractivity contribution in [1.82, 2.24) is 10.6 Å². The van der Waals surface area contributed by atoms with Crippen LogP contribution >= 0.6 is 0 Å². The van der Waals surface area contributed by atoms with Gasteiger partial charge in [0.25, 0.3) is 5.91 Å². The van der Waals surface area contributed by atoms with E-state index in [1.807, 2.05) is 0 Å². The van der Waals surface area contributed by atoms with Gasteiger partial charge in [-0.3, -0.25) is 13.9 Å². The lowest BCUT2D eigenvalue weighted by Gasteiger charge is -2.16. The Hall–Kier alpha value is -2.62. The smallest absolute Gasteiger partial charge is 0.338 e. The van der Waals surface area contributed by atoms with Crippen molar-refractivity contribution < 1.29 is 27.5 Å². The summed E-state index contributed by atoms with van der Waals surface area (Å²) in [4.78, 5) is 35.5. The molecule has 0 bridgehead atoms. The summed E-state index contributed by atoms with van der Waals surface area (Å²) in [5, 5.41) is 5.00. The molecule has 9 nitrogen and oxygen atoms in total. The first-order chi connectivity index (χ1) is 12.6. The van der Waals surface area contributed by atoms with Crippen molar-refractivity contribution in [2.45, 2.75) is 26.3 Å². The summed E-state index contributed by atoms with van der Waals surface area (Å²) < 4.78 is 29.7. The van der Waals surface area contributed by atoms with Crippen molar-refractivity contribution in [2.24, 2.45) is 0 Å². The van der Waals surface area contributed by atoms with Crippen LogP contribution in [0.25, 0.3) is 0 Å². The van der Waals surface area contributed by atoms with Crippen molar-refractivity contribution in [3.63, 3.8) is 0 Å². The van der Waals surface area contributed by atoms with Crippen LogP contribution in [0.4, 0.5) is 5.69 Å². The van der Waals surface area contributed by atoms with Gasteiger partial charge in [-0.05, 0) is 44.0 Å². The first kappa shape index (κ1) is 20.7. The zero-order valence-electron chi connectivity index (χ0n) is 15.4. The average Bonchev–Trinajstić information content (AvgIpc) is 3.03. The number of nitrogens with one attached hydrogen (secondary N) is 2. The van der Waals surface area contributed by atoms with E-state index in [9.17, 15) is 22.8 Å². The molecule has 1 aromatic rings. The molecule has 0 aromatic heterocycles. The third-order valence-electron chi connectivity index (χ3n) is 4.02. The van der Waals surface area contributed by atoms with E-state index < -0.39 is 34.5 Å². The number of benzene rings is 1. The van der Waals surface area contributed by atoms with Crippen molar-refractivity contribution in [3.05, 3.63) is 29.3 Å². The Morgan fingerprint density at radius 2 is 2.00 bits per heavy atom. The molecule has 1 aromatic carbocycles. The van der Waals surface area contributed by atoms with Gasteiger partial charge in [0, 0.05) is 13.1 Å². The highest BCUT2D eigenvalue weighted by molar-refractivity contribution is 7.92. The highest BCUT2D eigenvalue weighted by Gasteiger charge is 2.27. The number of hydrogen-bond donors (Lipinski definition) is 2. The Bertz CT molecular complexity index is 852. The maximum atomic E-state index is 12.1. The molecule has 1 aliphatic heterocycles. The number of carbonyl (C=O) groups excluding carboxylic acids is 3. The summed E-state index contributed by atoms with van der Waals surface area (Å²) in [6.45, 7) is 3.55. The van der Waals surface area contributed by atoms with E-state index in [2.05, 4.69) is 10.6 Å². The van der Waals surface area contributed by atoms with Crippen LogP contribution in [0.5, 0.6) is 0 Å². The second kappa shape index (κ2) is 8.38. The molecule has 1 heterocycles. The minimum absolute atomic E-state index is 0.230. The molecule has 1 aliphatic rings. The SMILES string of the molecule is CCNC(=O)[C@@H](C)NC(=O)COC(=O)c1ccc2c(c1)CCN2S(C)(=O)=O. The fraction of sp³-hybridized carbons (Fsp3) is 0.471. The Morgan fingerprint density at radius 3 is 2.63 bits per heavy atom. The number of likely N-dealkylation sites (N-methyl/N-ethyl adjacent to an activating group) is 1. The molecule has 148 valence electrons. The molecule has 0 saturated heterocycles. The van der Waals surface area contributed by atoms with Crippen LogP contribution in [0.1, 0.15) is 29.8 Å². The zero-order chi connectivity index (χ0) is 20.2. The first-order valence-electron chi connectivity index (χ1n) is 8.48. The maximum Gasteiger partial charge on any atom is 0.338 e. The third kappa shape index (κ3) is 5.19. The topological polar surface area (TPSA) is 122 Å². The lowest BCUT2D eigenvalue weighted by Crippen LogP contribution is -2.46. The lowest BCUT2D eigenvalue weighted by molar-refractivity contribution is -0.130. The fourth-order valence-electron chi connectivity index (χ4n) is 2.73. The number of esters is 1. The van der Waals surface area contributed by atoms with Gasteiger partial charge in [0.15, 0.2) is 6.61 Å². The summed E-state index contributed by atoms with van der Waals surface area (Å²) in [5.41, 5.74) is 1.50. The van der Waals surface area contributed by atoms with Gasteiger partial charge >= 0.3 is 5.97 Å². The average molecular weight is 397 g/mol. The second-order valence-electron chi connectivity index (χ2n) is 6.19. The Morgan fingerprint density at radius 1 is 1.30 bits per heavy atom. The normalized spacial score (nSPS) is 14.3. The first-order valence-corrected chi connectivity index (χ1v) is 10.3. The maximum absolute atomic E-state index is 12.1. The highest BCUT2D eigenvalue weighted by atomic mass is 32.2. The van der Waals surface area contributed by atoms with E-state index >= 15 is 0 Å². The van der Waals surface area contributed by atoms with Gasteiger partial charge in [0.1, 0.15) is 6.04 Å². The Kier molecular flexibility index (Phi) is 6.42. The zero-order valence-corrected chi connectivity index (χ0v) is 16.3. The summed E-state index contributed by atoms with van der Waals surface area (Å²) >= 11 is 0. The standard InChI is InChI=1S/C17H23N3O6S/c1-4-18-16(22)11(2)19-15(21)10-26-17(23)13-5-6-14-12(9-13)7-8-20(14)27(3,24)25/h5-6,9,11H,4,7-8,10H2,1-3H3,(H,18,22)(H,19,21)/t11-/m1/s1. The summed E-state index contributed by atoms with van der Waals surface area (Å²) in [5.74, 6) is -1.62. The van der Waals surface area contributed by atoms with E-state index in [0.29, 0.717) is 25.2 Å². The Labute approximate surface area is 158 Å². The quantitative estimate of drug-likeness (QED) is 0.615. The molecule has 0 unspecified atom stereocenters. The number of hydrogen-bond acceptors (Lipinski definition) is 6. The minimum Gasteiger partial charge on any atom is -0.452 e. The molecular weight excluding hydrogens is 374 g/mol.